The lowest BCUT2D eigenvalue weighted by Gasteiger charge is -2.10. The minimum atomic E-state index is -0.785. The highest BCUT2D eigenvalue weighted by Crippen LogP contribution is 2.20. The molecule has 0 spiro atoms. The highest BCUT2D eigenvalue weighted by atomic mass is 16.6. The molecule has 0 aliphatic carbocycles. The zero-order valence-electron chi connectivity index (χ0n) is 10.9. The van der Waals surface area contributed by atoms with Gasteiger partial charge >= 0.3 is 5.76 Å². The van der Waals surface area contributed by atoms with Crippen molar-refractivity contribution < 1.29 is 14.4 Å². The van der Waals surface area contributed by atoms with Gasteiger partial charge < -0.3 is 14.8 Å². The van der Waals surface area contributed by atoms with Crippen molar-refractivity contribution in [2.45, 2.75) is 19.6 Å². The Morgan fingerprint density at radius 2 is 2.30 bits per heavy atom. The van der Waals surface area contributed by atoms with Gasteiger partial charge in [-0.15, -0.1) is 0 Å². The summed E-state index contributed by atoms with van der Waals surface area (Å²) in [7, 11) is 0. The van der Waals surface area contributed by atoms with Gasteiger partial charge in [0, 0.05) is 18.7 Å². The Morgan fingerprint density at radius 3 is 2.95 bits per heavy atom. The van der Waals surface area contributed by atoms with Crippen LogP contribution in [-0.4, -0.2) is 33.8 Å². The first-order valence-corrected chi connectivity index (χ1v) is 6.19. The molecule has 2 rings (SSSR count). The van der Waals surface area contributed by atoms with Crippen LogP contribution in [0.25, 0.3) is 11.1 Å². The number of nitro groups is 1. The Kier molecular flexibility index (Phi) is 4.16. The van der Waals surface area contributed by atoms with Crippen molar-refractivity contribution in [1.82, 2.24) is 9.88 Å². The van der Waals surface area contributed by atoms with E-state index < -0.39 is 16.8 Å². The van der Waals surface area contributed by atoms with Crippen LogP contribution in [0.3, 0.4) is 0 Å². The van der Waals surface area contributed by atoms with Gasteiger partial charge in [0.2, 0.25) is 0 Å². The van der Waals surface area contributed by atoms with Crippen molar-refractivity contribution in [3.05, 3.63) is 38.9 Å². The molecular formula is C12H15N3O5. The quantitative estimate of drug-likeness (QED) is 0.588. The van der Waals surface area contributed by atoms with Crippen molar-refractivity contribution in [2.24, 2.45) is 0 Å². The fraction of sp³-hybridized carbons (Fsp3) is 0.417. The maximum Gasteiger partial charge on any atom is 0.420 e. The van der Waals surface area contributed by atoms with Gasteiger partial charge in [0.25, 0.3) is 5.69 Å². The molecule has 0 saturated carbocycles. The molecule has 2 N–H and O–H groups in total. The molecule has 1 heterocycles. The third kappa shape index (κ3) is 2.86. The number of non-ortho nitro benzene ring substituents is 1. The van der Waals surface area contributed by atoms with Crippen molar-refractivity contribution in [1.29, 1.82) is 0 Å². The van der Waals surface area contributed by atoms with Gasteiger partial charge in [0.1, 0.15) is 0 Å². The van der Waals surface area contributed by atoms with E-state index in [1.54, 1.807) is 0 Å². The molecule has 0 aliphatic rings. The molecule has 1 atom stereocenters. The predicted molar refractivity (Wildman–Crippen MR) is 71.7 cm³/mol. The zero-order valence-corrected chi connectivity index (χ0v) is 10.9. The van der Waals surface area contributed by atoms with E-state index in [0.717, 1.165) is 0 Å². The number of hydrogen-bond acceptors (Lipinski definition) is 6. The monoisotopic (exact) mass is 281 g/mol. The van der Waals surface area contributed by atoms with Crippen LogP contribution in [0.2, 0.25) is 0 Å². The van der Waals surface area contributed by atoms with Crippen LogP contribution in [0.15, 0.2) is 27.4 Å². The van der Waals surface area contributed by atoms with Gasteiger partial charge in [-0.3, -0.25) is 14.7 Å². The smallest absolute Gasteiger partial charge is 0.408 e. The minimum absolute atomic E-state index is 0.0139. The summed E-state index contributed by atoms with van der Waals surface area (Å²) < 4.78 is 6.19. The molecule has 8 heteroatoms. The number of aliphatic hydroxyl groups excluding tert-OH is 1. The zero-order chi connectivity index (χ0) is 14.7. The van der Waals surface area contributed by atoms with Gasteiger partial charge in [-0.25, -0.2) is 4.79 Å². The summed E-state index contributed by atoms with van der Waals surface area (Å²) in [5.41, 5.74) is 0.434. The maximum atomic E-state index is 11.7. The summed E-state index contributed by atoms with van der Waals surface area (Å²) in [6.07, 6.45) is -0.785. The number of oxazole rings is 1. The molecule has 108 valence electrons. The second kappa shape index (κ2) is 5.85. The second-order valence-electron chi connectivity index (χ2n) is 4.35. The van der Waals surface area contributed by atoms with Crippen LogP contribution < -0.4 is 11.1 Å². The van der Waals surface area contributed by atoms with E-state index in [1.165, 1.54) is 22.8 Å². The highest BCUT2D eigenvalue weighted by molar-refractivity contribution is 5.75. The van der Waals surface area contributed by atoms with E-state index in [2.05, 4.69) is 5.32 Å². The Hall–Kier alpha value is -2.19. The van der Waals surface area contributed by atoms with Gasteiger partial charge in [-0.05, 0) is 12.6 Å². The lowest BCUT2D eigenvalue weighted by Crippen LogP contribution is -2.32. The molecular weight excluding hydrogens is 266 g/mol. The van der Waals surface area contributed by atoms with E-state index >= 15 is 0 Å². The molecule has 0 amide bonds. The number of nitrogens with zero attached hydrogens (tertiary/aromatic N) is 2. The lowest BCUT2D eigenvalue weighted by molar-refractivity contribution is -0.384. The minimum Gasteiger partial charge on any atom is -0.408 e. The molecule has 8 nitrogen and oxygen atoms in total. The van der Waals surface area contributed by atoms with Crippen LogP contribution in [0, 0.1) is 10.1 Å². The van der Waals surface area contributed by atoms with Crippen molar-refractivity contribution in [3.8, 4) is 0 Å². The van der Waals surface area contributed by atoms with E-state index in [9.17, 15) is 20.0 Å². The third-order valence-electron chi connectivity index (χ3n) is 2.89. The Balaban J connectivity index is 2.36. The molecule has 1 aromatic carbocycles. The summed E-state index contributed by atoms with van der Waals surface area (Å²) >= 11 is 0. The largest absolute Gasteiger partial charge is 0.420 e. The summed E-state index contributed by atoms with van der Waals surface area (Å²) in [5.74, 6) is -0.643. The number of benzene rings is 1. The predicted octanol–water partition coefficient (Wildman–Crippen LogP) is 0.473. The van der Waals surface area contributed by atoms with Crippen LogP contribution in [-0.2, 0) is 6.54 Å². The number of fused-ring (bicyclic) bond motifs is 1. The normalized spacial score (nSPS) is 12.7. The molecule has 20 heavy (non-hydrogen) atoms. The van der Waals surface area contributed by atoms with Crippen LogP contribution in [0.1, 0.15) is 6.92 Å². The second-order valence-corrected chi connectivity index (χ2v) is 4.35. The molecule has 0 radical (unpaired) electrons. The summed E-state index contributed by atoms with van der Waals surface area (Å²) in [4.78, 5) is 21.9. The van der Waals surface area contributed by atoms with E-state index in [-0.39, 0.29) is 17.8 Å². The molecule has 0 saturated heterocycles. The van der Waals surface area contributed by atoms with Crippen molar-refractivity contribution >= 4 is 16.8 Å². The maximum absolute atomic E-state index is 11.7. The van der Waals surface area contributed by atoms with Gasteiger partial charge in [-0.1, -0.05) is 6.92 Å². The topological polar surface area (TPSA) is 111 Å². The van der Waals surface area contributed by atoms with Gasteiger partial charge in [0.15, 0.2) is 5.58 Å². The van der Waals surface area contributed by atoms with Crippen molar-refractivity contribution in [3.63, 3.8) is 0 Å². The Labute approximate surface area is 113 Å². The molecule has 2 aromatic rings. The fourth-order valence-corrected chi connectivity index (χ4v) is 1.92. The summed E-state index contributed by atoms with van der Waals surface area (Å²) in [5, 5.41) is 23.5. The third-order valence-corrected chi connectivity index (χ3v) is 2.89. The van der Waals surface area contributed by atoms with E-state index in [0.29, 0.717) is 18.6 Å². The van der Waals surface area contributed by atoms with Crippen molar-refractivity contribution in [2.75, 3.05) is 13.1 Å². The first kappa shape index (κ1) is 14.2. The van der Waals surface area contributed by atoms with E-state index in [4.69, 9.17) is 4.42 Å². The van der Waals surface area contributed by atoms with Crippen LogP contribution in [0.5, 0.6) is 0 Å². The van der Waals surface area contributed by atoms with E-state index in [1.807, 2.05) is 6.92 Å². The van der Waals surface area contributed by atoms with Crippen LogP contribution >= 0.6 is 0 Å². The highest BCUT2D eigenvalue weighted by Gasteiger charge is 2.16. The molecule has 0 bridgehead atoms. The number of rotatable bonds is 6. The molecule has 1 unspecified atom stereocenters. The average Bonchev–Trinajstić information content (AvgIpc) is 2.72. The van der Waals surface area contributed by atoms with Gasteiger partial charge in [-0.2, -0.15) is 0 Å². The molecule has 0 aliphatic heterocycles. The number of nitrogens with one attached hydrogen (secondary N) is 1. The fourth-order valence-electron chi connectivity index (χ4n) is 1.92. The lowest BCUT2D eigenvalue weighted by atomic mass is 10.2. The molecule has 0 fully saturated rings. The van der Waals surface area contributed by atoms with Crippen LogP contribution in [0.4, 0.5) is 5.69 Å². The summed E-state index contributed by atoms with van der Waals surface area (Å²) in [6, 6.07) is 3.91. The first-order chi connectivity index (χ1) is 9.52. The summed E-state index contributed by atoms with van der Waals surface area (Å²) in [6.45, 7) is 2.93. The Bertz CT molecular complexity index is 675. The first-order valence-electron chi connectivity index (χ1n) is 6.19. The SMILES string of the molecule is CCNCC(O)Cn1c(=O)oc2ccc([N+](=O)[O-])cc21. The number of aromatic nitrogens is 1. The number of hydrogen-bond donors (Lipinski definition) is 2. The standard InChI is InChI=1S/C12H15N3O5/c1-2-13-6-9(16)7-14-10-5-8(15(18)19)3-4-11(10)20-12(14)17/h3-5,9,13,16H,2,6-7H2,1H3. The number of aliphatic hydroxyl groups is 1. The molecule has 1 aromatic heterocycles. The number of likely N-dealkylation sites (N-methyl/N-ethyl adjacent to an activating group) is 1. The van der Waals surface area contributed by atoms with Gasteiger partial charge in [0.05, 0.1) is 23.1 Å². The average molecular weight is 281 g/mol. The Morgan fingerprint density at radius 1 is 1.55 bits per heavy atom. The number of nitro benzene ring substituents is 1.